The minimum atomic E-state index is -0.177. The van der Waals surface area contributed by atoms with E-state index < -0.39 is 0 Å². The molecule has 4 N–H and O–H groups in total. The lowest BCUT2D eigenvalue weighted by molar-refractivity contribution is -0.124. The Bertz CT molecular complexity index is 415. The average Bonchev–Trinajstić information content (AvgIpc) is 2.36. The van der Waals surface area contributed by atoms with E-state index in [1.54, 1.807) is 19.1 Å². The summed E-state index contributed by atoms with van der Waals surface area (Å²) in [4.78, 5) is 22.4. The molecule has 18 heavy (non-hydrogen) atoms. The maximum Gasteiger partial charge on any atom is 0.224 e. The van der Waals surface area contributed by atoms with E-state index in [4.69, 9.17) is 5.73 Å². The van der Waals surface area contributed by atoms with Gasteiger partial charge in [-0.25, -0.2) is 0 Å². The predicted molar refractivity (Wildman–Crippen MR) is 70.8 cm³/mol. The standard InChI is InChI=1S/C13H19N3O2/c1-9(7-14)13(18)15-8-11-3-5-12(6-4-11)16-10(2)17/h3-6,9H,7-8,14H2,1-2H3,(H,15,18)(H,16,17). The topological polar surface area (TPSA) is 84.2 Å². The van der Waals surface area contributed by atoms with Crippen molar-refractivity contribution in [2.75, 3.05) is 11.9 Å². The van der Waals surface area contributed by atoms with E-state index in [1.165, 1.54) is 6.92 Å². The van der Waals surface area contributed by atoms with Crippen LogP contribution in [0.1, 0.15) is 19.4 Å². The number of nitrogens with two attached hydrogens (primary N) is 1. The van der Waals surface area contributed by atoms with E-state index >= 15 is 0 Å². The highest BCUT2D eigenvalue weighted by molar-refractivity contribution is 5.88. The van der Waals surface area contributed by atoms with Gasteiger partial charge >= 0.3 is 0 Å². The highest BCUT2D eigenvalue weighted by atomic mass is 16.2. The maximum absolute atomic E-state index is 11.5. The largest absolute Gasteiger partial charge is 0.352 e. The molecule has 1 unspecified atom stereocenters. The van der Waals surface area contributed by atoms with Gasteiger partial charge in [-0.3, -0.25) is 9.59 Å². The van der Waals surface area contributed by atoms with Crippen molar-refractivity contribution in [1.82, 2.24) is 5.32 Å². The van der Waals surface area contributed by atoms with E-state index in [9.17, 15) is 9.59 Å². The lowest BCUT2D eigenvalue weighted by Gasteiger charge is -2.10. The average molecular weight is 249 g/mol. The molecule has 1 atom stereocenters. The first-order chi connectivity index (χ1) is 8.52. The Morgan fingerprint density at radius 1 is 1.28 bits per heavy atom. The van der Waals surface area contributed by atoms with Crippen LogP contribution in [0.5, 0.6) is 0 Å². The van der Waals surface area contributed by atoms with Gasteiger partial charge in [0.1, 0.15) is 0 Å². The summed E-state index contributed by atoms with van der Waals surface area (Å²) >= 11 is 0. The molecule has 1 aromatic rings. The van der Waals surface area contributed by atoms with Gasteiger partial charge in [0.15, 0.2) is 0 Å². The molecule has 0 aromatic heterocycles. The highest BCUT2D eigenvalue weighted by Crippen LogP contribution is 2.09. The van der Waals surface area contributed by atoms with E-state index in [0.717, 1.165) is 11.3 Å². The second-order valence-corrected chi connectivity index (χ2v) is 4.23. The van der Waals surface area contributed by atoms with Gasteiger partial charge in [-0.15, -0.1) is 0 Å². The molecule has 98 valence electrons. The monoisotopic (exact) mass is 249 g/mol. The van der Waals surface area contributed by atoms with E-state index in [0.29, 0.717) is 13.1 Å². The van der Waals surface area contributed by atoms with Crippen molar-refractivity contribution in [3.05, 3.63) is 29.8 Å². The van der Waals surface area contributed by atoms with Crippen LogP contribution in [0, 0.1) is 5.92 Å². The third-order valence-electron chi connectivity index (χ3n) is 2.54. The summed E-state index contributed by atoms with van der Waals surface area (Å²) in [5.41, 5.74) is 7.12. The van der Waals surface area contributed by atoms with Crippen molar-refractivity contribution >= 4 is 17.5 Å². The smallest absolute Gasteiger partial charge is 0.224 e. The molecule has 5 heteroatoms. The molecule has 0 heterocycles. The molecule has 0 aliphatic heterocycles. The summed E-state index contributed by atoms with van der Waals surface area (Å²) in [6.45, 7) is 4.05. The molecular formula is C13H19N3O2. The Morgan fingerprint density at radius 2 is 1.89 bits per heavy atom. The van der Waals surface area contributed by atoms with Gasteiger partial charge in [0, 0.05) is 31.6 Å². The molecule has 0 aliphatic rings. The fourth-order valence-electron chi connectivity index (χ4n) is 1.38. The minimum Gasteiger partial charge on any atom is -0.352 e. The zero-order valence-corrected chi connectivity index (χ0v) is 10.7. The summed E-state index contributed by atoms with van der Waals surface area (Å²) in [6.07, 6.45) is 0. The second kappa shape index (κ2) is 6.76. The van der Waals surface area contributed by atoms with Crippen molar-refractivity contribution < 1.29 is 9.59 Å². The summed E-state index contributed by atoms with van der Waals surface area (Å²) in [7, 11) is 0. The Hall–Kier alpha value is -1.88. The molecular weight excluding hydrogens is 230 g/mol. The number of hydrogen-bond donors (Lipinski definition) is 3. The predicted octanol–water partition coefficient (Wildman–Crippen LogP) is 0.856. The van der Waals surface area contributed by atoms with Gasteiger partial charge in [0.2, 0.25) is 11.8 Å². The van der Waals surface area contributed by atoms with Crippen LogP contribution in [0.25, 0.3) is 0 Å². The number of carbonyl (C=O) groups is 2. The van der Waals surface area contributed by atoms with Crippen molar-refractivity contribution in [1.29, 1.82) is 0 Å². The molecule has 0 aliphatic carbocycles. The second-order valence-electron chi connectivity index (χ2n) is 4.23. The Morgan fingerprint density at radius 3 is 2.39 bits per heavy atom. The molecule has 0 spiro atoms. The van der Waals surface area contributed by atoms with Gasteiger partial charge in [-0.05, 0) is 17.7 Å². The van der Waals surface area contributed by atoms with Crippen LogP contribution in [0.4, 0.5) is 5.69 Å². The Kier molecular flexibility index (Phi) is 5.32. The minimum absolute atomic E-state index is 0.0524. The first-order valence-corrected chi connectivity index (χ1v) is 5.87. The number of rotatable bonds is 5. The molecule has 0 bridgehead atoms. The summed E-state index contributed by atoms with van der Waals surface area (Å²) in [5, 5.41) is 5.49. The number of carbonyl (C=O) groups excluding carboxylic acids is 2. The van der Waals surface area contributed by atoms with Gasteiger partial charge < -0.3 is 16.4 Å². The van der Waals surface area contributed by atoms with Crippen molar-refractivity contribution in [2.45, 2.75) is 20.4 Å². The summed E-state index contributed by atoms with van der Waals surface area (Å²) in [6, 6.07) is 7.32. The summed E-state index contributed by atoms with van der Waals surface area (Å²) < 4.78 is 0. The fourth-order valence-corrected chi connectivity index (χ4v) is 1.38. The van der Waals surface area contributed by atoms with Crippen LogP contribution in [-0.2, 0) is 16.1 Å². The first kappa shape index (κ1) is 14.2. The Balaban J connectivity index is 2.49. The number of anilines is 1. The first-order valence-electron chi connectivity index (χ1n) is 5.87. The molecule has 1 aromatic carbocycles. The Labute approximate surface area is 107 Å². The lowest BCUT2D eigenvalue weighted by atomic mass is 10.1. The number of nitrogens with one attached hydrogen (secondary N) is 2. The highest BCUT2D eigenvalue weighted by Gasteiger charge is 2.09. The third kappa shape index (κ3) is 4.55. The molecule has 1 rings (SSSR count). The van der Waals surface area contributed by atoms with Crippen LogP contribution in [0.3, 0.4) is 0 Å². The van der Waals surface area contributed by atoms with Gasteiger partial charge in [0.25, 0.3) is 0 Å². The van der Waals surface area contributed by atoms with Crippen LogP contribution >= 0.6 is 0 Å². The van der Waals surface area contributed by atoms with E-state index in [2.05, 4.69) is 10.6 Å². The van der Waals surface area contributed by atoms with Crippen LogP contribution in [-0.4, -0.2) is 18.4 Å². The number of hydrogen-bond acceptors (Lipinski definition) is 3. The zero-order valence-electron chi connectivity index (χ0n) is 10.7. The number of amides is 2. The quantitative estimate of drug-likeness (QED) is 0.723. The van der Waals surface area contributed by atoms with Crippen molar-refractivity contribution in [2.24, 2.45) is 11.7 Å². The SMILES string of the molecule is CC(=O)Nc1ccc(CNC(=O)C(C)CN)cc1. The molecule has 0 saturated heterocycles. The normalized spacial score (nSPS) is 11.7. The zero-order chi connectivity index (χ0) is 13.5. The molecule has 5 nitrogen and oxygen atoms in total. The molecule has 0 radical (unpaired) electrons. The summed E-state index contributed by atoms with van der Waals surface area (Å²) in [5.74, 6) is -0.333. The molecule has 0 saturated carbocycles. The number of benzene rings is 1. The molecule has 0 fully saturated rings. The van der Waals surface area contributed by atoms with Crippen molar-refractivity contribution in [3.63, 3.8) is 0 Å². The third-order valence-corrected chi connectivity index (χ3v) is 2.54. The van der Waals surface area contributed by atoms with E-state index in [1.807, 2.05) is 12.1 Å². The van der Waals surface area contributed by atoms with E-state index in [-0.39, 0.29) is 17.7 Å². The van der Waals surface area contributed by atoms with Crippen LogP contribution < -0.4 is 16.4 Å². The fraction of sp³-hybridized carbons (Fsp3) is 0.385. The van der Waals surface area contributed by atoms with Gasteiger partial charge in [0.05, 0.1) is 0 Å². The maximum atomic E-state index is 11.5. The van der Waals surface area contributed by atoms with Crippen LogP contribution in [0.2, 0.25) is 0 Å². The molecule has 2 amide bonds. The van der Waals surface area contributed by atoms with Crippen molar-refractivity contribution in [3.8, 4) is 0 Å². The van der Waals surface area contributed by atoms with Crippen LogP contribution in [0.15, 0.2) is 24.3 Å². The lowest BCUT2D eigenvalue weighted by Crippen LogP contribution is -2.32. The van der Waals surface area contributed by atoms with Gasteiger partial charge in [-0.1, -0.05) is 19.1 Å². The van der Waals surface area contributed by atoms with Gasteiger partial charge in [-0.2, -0.15) is 0 Å².